The van der Waals surface area contributed by atoms with Crippen LogP contribution in [-0.4, -0.2) is 58.0 Å². The van der Waals surface area contributed by atoms with Gasteiger partial charge in [-0.1, -0.05) is 0 Å². The van der Waals surface area contributed by atoms with E-state index in [0.717, 1.165) is 12.1 Å². The van der Waals surface area contributed by atoms with Crippen LogP contribution in [-0.2, 0) is 15.7 Å². The molecule has 6 N–H and O–H groups in total. The van der Waals surface area contributed by atoms with Gasteiger partial charge in [-0.2, -0.15) is 0 Å². The molecule has 0 aliphatic rings. The lowest BCUT2D eigenvalue weighted by molar-refractivity contribution is 0.0678. The number of hydrogen-bond donors (Lipinski definition) is 6. The van der Waals surface area contributed by atoms with Crippen LogP contribution in [0.4, 0.5) is 0 Å². The van der Waals surface area contributed by atoms with Crippen molar-refractivity contribution < 1.29 is 53.0 Å². The summed E-state index contributed by atoms with van der Waals surface area (Å²) in [4.78, 5) is 62.9. The maximum absolute atomic E-state index is 11.8. The Balaban J connectivity index is 2.16. The number of benzene rings is 1. The third-order valence-corrected chi connectivity index (χ3v) is 4.73. The molecular weight excluding hydrogens is 441 g/mol. The zero-order chi connectivity index (χ0) is 22.7. The molecule has 0 saturated heterocycles. The number of carbonyl (C=O) groups is 3. The zero-order valence-corrected chi connectivity index (χ0v) is 15.8. The number of nitrogens with one attached hydrogen (secondary N) is 1. The fraction of sp³-hybridized carbons (Fsp3) is 0.0625. The summed E-state index contributed by atoms with van der Waals surface area (Å²) in [6.07, 6.45) is 0. The molecule has 0 radical (unpaired) electrons. The Morgan fingerprint density at radius 1 is 1.03 bits per heavy atom. The predicted octanol–water partition coefficient (Wildman–Crippen LogP) is 1.56. The third kappa shape index (κ3) is 3.49. The maximum atomic E-state index is 11.8. The number of phosphoric acid groups is 1. The van der Waals surface area contributed by atoms with Crippen LogP contribution >= 0.6 is 7.82 Å². The number of rotatable bonds is 6. The Morgan fingerprint density at radius 3 is 2.32 bits per heavy atom. The number of aromatic amines is 1. The molecule has 0 unspecified atom stereocenters. The van der Waals surface area contributed by atoms with Gasteiger partial charge in [-0.05, 0) is 12.1 Å². The number of pyridine rings is 1. The van der Waals surface area contributed by atoms with Crippen molar-refractivity contribution in [2.45, 2.75) is 6.61 Å². The summed E-state index contributed by atoms with van der Waals surface area (Å²) in [6.45, 7) is -0.772. The molecule has 0 spiro atoms. The van der Waals surface area contributed by atoms with Gasteiger partial charge in [0.25, 0.3) is 0 Å². The highest BCUT2D eigenvalue weighted by molar-refractivity contribution is 7.46. The van der Waals surface area contributed by atoms with Crippen LogP contribution in [0.2, 0.25) is 0 Å². The van der Waals surface area contributed by atoms with Crippen molar-refractivity contribution in [1.29, 1.82) is 0 Å². The van der Waals surface area contributed by atoms with Gasteiger partial charge in [-0.25, -0.2) is 28.9 Å². The molecule has 160 valence electrons. The second-order valence-corrected chi connectivity index (χ2v) is 7.45. The summed E-state index contributed by atoms with van der Waals surface area (Å²) in [5.41, 5.74) is -1.89. The molecule has 0 bridgehead atoms. The average molecular weight is 451 g/mol. The Hall–Kier alpha value is -3.84. The second-order valence-electron chi connectivity index (χ2n) is 6.22. The van der Waals surface area contributed by atoms with Crippen LogP contribution in [0.1, 0.15) is 37.2 Å². The fourth-order valence-electron chi connectivity index (χ4n) is 3.10. The Labute approximate surface area is 168 Å². The second kappa shape index (κ2) is 6.85. The van der Waals surface area contributed by atoms with E-state index in [1.54, 1.807) is 0 Å². The highest BCUT2D eigenvalue weighted by Gasteiger charge is 2.26. The topological polar surface area (TPSA) is 233 Å². The van der Waals surface area contributed by atoms with Gasteiger partial charge in [-0.3, -0.25) is 4.52 Å². The molecule has 4 rings (SSSR count). The molecule has 3 heterocycles. The molecule has 31 heavy (non-hydrogen) atoms. The lowest BCUT2D eigenvalue weighted by atomic mass is 10.0. The van der Waals surface area contributed by atoms with Gasteiger partial charge in [0.05, 0.1) is 16.6 Å². The molecule has 14 nitrogen and oxygen atoms in total. The molecule has 0 amide bonds. The largest absolute Gasteiger partial charge is 0.478 e. The number of carboxylic acids is 3. The van der Waals surface area contributed by atoms with Crippen molar-refractivity contribution in [1.82, 2.24) is 15.0 Å². The first kappa shape index (κ1) is 20.4. The summed E-state index contributed by atoms with van der Waals surface area (Å²) in [7, 11) is -4.87. The lowest BCUT2D eigenvalue weighted by Gasteiger charge is -2.07. The van der Waals surface area contributed by atoms with Crippen molar-refractivity contribution in [2.24, 2.45) is 0 Å². The normalized spacial score (nSPS) is 12.1. The van der Waals surface area contributed by atoms with Crippen molar-refractivity contribution in [3.8, 4) is 0 Å². The summed E-state index contributed by atoms with van der Waals surface area (Å²) >= 11 is 0. The summed E-state index contributed by atoms with van der Waals surface area (Å²) in [6, 6.07) is 1.96. The van der Waals surface area contributed by atoms with E-state index in [-0.39, 0.29) is 38.8 Å². The minimum Gasteiger partial charge on any atom is -0.478 e. The van der Waals surface area contributed by atoms with Gasteiger partial charge < -0.3 is 34.5 Å². The summed E-state index contributed by atoms with van der Waals surface area (Å²) < 4.78 is 20.7. The van der Waals surface area contributed by atoms with Crippen molar-refractivity contribution in [3.63, 3.8) is 0 Å². The molecular formula is C16H10N3O11P. The SMILES string of the molecule is O=C(O)c1cc2c(n1)c1c(C(=O)O)cc(C(=O)O)[nH]c1c1nc(COP(=O)(O)O)oc21. The number of phosphoric ester groups is 1. The van der Waals surface area contributed by atoms with Gasteiger partial charge in [0.2, 0.25) is 5.89 Å². The van der Waals surface area contributed by atoms with E-state index in [1.807, 2.05) is 0 Å². The summed E-state index contributed by atoms with van der Waals surface area (Å²) in [5.74, 6) is -4.73. The first-order valence-electron chi connectivity index (χ1n) is 8.15. The molecule has 0 atom stereocenters. The van der Waals surface area contributed by atoms with E-state index in [1.165, 1.54) is 0 Å². The van der Waals surface area contributed by atoms with Gasteiger partial charge in [0.15, 0.2) is 5.58 Å². The lowest BCUT2D eigenvalue weighted by Crippen LogP contribution is -2.07. The van der Waals surface area contributed by atoms with Crippen LogP contribution in [0.25, 0.3) is 32.9 Å². The molecule has 0 aliphatic heterocycles. The molecule has 3 aromatic heterocycles. The summed E-state index contributed by atoms with van der Waals surface area (Å²) in [5, 5.41) is 28.2. The van der Waals surface area contributed by atoms with E-state index in [0.29, 0.717) is 0 Å². The van der Waals surface area contributed by atoms with E-state index in [9.17, 15) is 34.3 Å². The van der Waals surface area contributed by atoms with E-state index in [4.69, 9.17) is 14.2 Å². The van der Waals surface area contributed by atoms with Gasteiger partial charge in [0, 0.05) is 10.8 Å². The number of fused-ring (bicyclic) bond motifs is 6. The minimum atomic E-state index is -4.87. The monoisotopic (exact) mass is 451 g/mol. The van der Waals surface area contributed by atoms with Crippen molar-refractivity contribution >= 4 is 58.6 Å². The van der Waals surface area contributed by atoms with Crippen LogP contribution in [0.5, 0.6) is 0 Å². The zero-order valence-electron chi connectivity index (χ0n) is 14.9. The first-order valence-corrected chi connectivity index (χ1v) is 9.68. The van der Waals surface area contributed by atoms with Crippen LogP contribution in [0, 0.1) is 0 Å². The van der Waals surface area contributed by atoms with Crippen LogP contribution < -0.4 is 0 Å². The Kier molecular flexibility index (Phi) is 4.52. The fourth-order valence-corrected chi connectivity index (χ4v) is 3.38. The quantitative estimate of drug-likeness (QED) is 0.229. The van der Waals surface area contributed by atoms with E-state index in [2.05, 4.69) is 19.5 Å². The first-order chi connectivity index (χ1) is 14.5. The van der Waals surface area contributed by atoms with Crippen LogP contribution in [0.15, 0.2) is 16.5 Å². The maximum Gasteiger partial charge on any atom is 0.470 e. The van der Waals surface area contributed by atoms with Crippen molar-refractivity contribution in [2.75, 3.05) is 0 Å². The highest BCUT2D eigenvalue weighted by Crippen LogP contribution is 2.39. The van der Waals surface area contributed by atoms with Gasteiger partial charge in [-0.15, -0.1) is 0 Å². The van der Waals surface area contributed by atoms with Gasteiger partial charge in [0.1, 0.15) is 23.5 Å². The number of oxazole rings is 1. The molecule has 0 aliphatic carbocycles. The number of hydrogen-bond acceptors (Lipinski definition) is 8. The number of nitrogens with zero attached hydrogens (tertiary/aromatic N) is 2. The number of H-pyrrole nitrogens is 1. The third-order valence-electron chi connectivity index (χ3n) is 4.26. The molecule has 1 aromatic carbocycles. The number of aromatic nitrogens is 3. The van der Waals surface area contributed by atoms with E-state index < -0.39 is 49.3 Å². The van der Waals surface area contributed by atoms with Gasteiger partial charge >= 0.3 is 25.7 Å². The molecule has 4 aromatic rings. The molecule has 15 heteroatoms. The van der Waals surface area contributed by atoms with Crippen molar-refractivity contribution in [3.05, 3.63) is 35.0 Å². The highest BCUT2D eigenvalue weighted by atomic mass is 31.2. The Bertz CT molecular complexity index is 1480. The van der Waals surface area contributed by atoms with E-state index >= 15 is 0 Å². The minimum absolute atomic E-state index is 0.0498. The molecule has 0 saturated carbocycles. The number of carboxylic acid groups (broad SMARTS) is 3. The van der Waals surface area contributed by atoms with Crippen LogP contribution in [0.3, 0.4) is 0 Å². The Morgan fingerprint density at radius 2 is 1.74 bits per heavy atom. The standard InChI is InChI=1S/C16H10N3O11P/c20-14(21)4-1-6(15(22)23)18-11-9(4)10-5(2-7(17-10)16(24)25)13-12(11)19-8(30-13)3-29-31(26,27)28/h1-2,18H,3H2,(H,20,21)(H,22,23)(H,24,25)(H2,26,27,28). The average Bonchev–Trinajstić information content (AvgIpc) is 3.29. The smallest absolute Gasteiger partial charge is 0.470 e. The predicted molar refractivity (Wildman–Crippen MR) is 98.9 cm³/mol. The number of aromatic carboxylic acids is 3. The molecule has 0 fully saturated rings.